The number of benzene rings is 4. The van der Waals surface area contributed by atoms with Crippen LogP contribution >= 0.6 is 11.3 Å². The number of ether oxygens (including phenoxy) is 8. The molecule has 18 nitrogen and oxygen atoms in total. The highest BCUT2D eigenvalue weighted by atomic mass is 32.1. The molecule has 19 heteroatoms. The topological polar surface area (TPSA) is 225 Å². The highest BCUT2D eigenvalue weighted by Crippen LogP contribution is 2.29. The van der Waals surface area contributed by atoms with Gasteiger partial charge in [-0.1, -0.05) is 55.3 Å². The van der Waals surface area contributed by atoms with Crippen LogP contribution in [-0.2, 0) is 60.4 Å². The molecule has 1 amide bonds. The number of aliphatic hydroxyl groups excluding tert-OH is 1. The molecular weight excluding hydrogens is 927 g/mol. The number of para-hydroxylation sites is 1. The minimum Gasteiger partial charge on any atom is -0.487 e. The zero-order valence-corrected chi connectivity index (χ0v) is 38.9. The number of hydrogen-bond donors (Lipinski definition) is 1. The van der Waals surface area contributed by atoms with Crippen molar-refractivity contribution in [3.8, 4) is 11.5 Å². The summed E-state index contributed by atoms with van der Waals surface area (Å²) in [6.07, 6.45) is 6.00. The first-order valence-corrected chi connectivity index (χ1v) is 22.6. The van der Waals surface area contributed by atoms with Crippen molar-refractivity contribution in [2.24, 2.45) is 5.10 Å². The zero-order chi connectivity index (χ0) is 50.1. The van der Waals surface area contributed by atoms with Gasteiger partial charge in [-0.05, 0) is 103 Å². The van der Waals surface area contributed by atoms with E-state index in [1.54, 1.807) is 24.3 Å². The normalized spacial score (nSPS) is 11.2. The summed E-state index contributed by atoms with van der Waals surface area (Å²) < 4.78 is 43.8. The van der Waals surface area contributed by atoms with Gasteiger partial charge in [0.15, 0.2) is 6.61 Å². The van der Waals surface area contributed by atoms with Gasteiger partial charge >= 0.3 is 29.8 Å². The molecule has 0 spiro atoms. The van der Waals surface area contributed by atoms with E-state index in [0.717, 1.165) is 33.5 Å². The van der Waals surface area contributed by atoms with E-state index in [2.05, 4.69) is 29.8 Å². The first-order valence-electron chi connectivity index (χ1n) is 21.8. The summed E-state index contributed by atoms with van der Waals surface area (Å²) >= 11 is 1.23. The lowest BCUT2D eigenvalue weighted by Crippen LogP contribution is -2.28. The van der Waals surface area contributed by atoms with Crippen molar-refractivity contribution >= 4 is 68.7 Å². The summed E-state index contributed by atoms with van der Waals surface area (Å²) in [6.45, 7) is 9.27. The van der Waals surface area contributed by atoms with E-state index in [1.807, 2.05) is 30.3 Å². The Labute approximate surface area is 407 Å². The summed E-state index contributed by atoms with van der Waals surface area (Å²) in [5, 5.41) is 15.5. The zero-order valence-electron chi connectivity index (χ0n) is 38.1. The Kier molecular flexibility index (Phi) is 21.5. The Morgan fingerprint density at radius 3 is 1.97 bits per heavy atom. The van der Waals surface area contributed by atoms with Crippen LogP contribution in [0, 0.1) is 0 Å². The number of nitrogens with zero attached hydrogens (tertiary/aromatic N) is 3. The summed E-state index contributed by atoms with van der Waals surface area (Å²) in [5.74, 6) is -2.96. The van der Waals surface area contributed by atoms with Gasteiger partial charge in [-0.3, -0.25) is 4.79 Å². The number of fused-ring (bicyclic) bond motifs is 1. The van der Waals surface area contributed by atoms with Crippen molar-refractivity contribution in [3.63, 3.8) is 0 Å². The minimum absolute atomic E-state index is 0.0170. The third-order valence-corrected chi connectivity index (χ3v) is 10.7. The van der Waals surface area contributed by atoms with Crippen LogP contribution in [-0.4, -0.2) is 105 Å². The van der Waals surface area contributed by atoms with E-state index in [-0.39, 0.29) is 62.5 Å². The number of carbonyl (C=O) groups is 6. The number of thiazole rings is 1. The summed E-state index contributed by atoms with van der Waals surface area (Å²) in [6, 6.07) is 25.0. The van der Waals surface area contributed by atoms with E-state index >= 15 is 0 Å². The number of hydrogen-bond acceptors (Lipinski definition) is 18. The van der Waals surface area contributed by atoms with Gasteiger partial charge in [-0.15, -0.1) is 0 Å². The van der Waals surface area contributed by atoms with Crippen LogP contribution in [0.5, 0.6) is 11.5 Å². The molecule has 1 atom stereocenters. The molecule has 0 aliphatic carbocycles. The molecule has 0 saturated carbocycles. The number of aliphatic hydroxyl groups is 1. The maximum atomic E-state index is 13.1. The van der Waals surface area contributed by atoms with Crippen molar-refractivity contribution in [1.29, 1.82) is 0 Å². The Hall–Kier alpha value is -8.00. The summed E-state index contributed by atoms with van der Waals surface area (Å²) in [7, 11) is 0. The SMILES string of the molecule is C=CC(=O)OCCCCCOC(COc1ccc(C(=O)OCCc2ccc(CCOC(=O)c3ccc(OCOC(=O)C=C)cc3)cc2/C=N/N(C(=O)CO)c2nc3ccccc3s2)cc1)OC(=O)C=C. The smallest absolute Gasteiger partial charge is 0.338 e. The molecule has 0 saturated heterocycles. The number of hydrazone groups is 1. The molecule has 0 fully saturated rings. The fraction of sp³-hybridized carbons (Fsp3) is 0.255. The second-order valence-electron chi connectivity index (χ2n) is 14.5. The summed E-state index contributed by atoms with van der Waals surface area (Å²) in [4.78, 5) is 77.8. The van der Waals surface area contributed by atoms with Crippen LogP contribution < -0.4 is 14.5 Å². The fourth-order valence-electron chi connectivity index (χ4n) is 6.06. The van der Waals surface area contributed by atoms with E-state index in [1.165, 1.54) is 53.9 Å². The van der Waals surface area contributed by atoms with Gasteiger partial charge < -0.3 is 43.0 Å². The highest BCUT2D eigenvalue weighted by molar-refractivity contribution is 7.22. The first-order chi connectivity index (χ1) is 34.0. The molecule has 1 N–H and O–H groups in total. The van der Waals surface area contributed by atoms with E-state index in [4.69, 9.17) is 37.9 Å². The molecule has 5 aromatic rings. The number of carbonyl (C=O) groups excluding carboxylic acids is 6. The Morgan fingerprint density at radius 2 is 1.31 bits per heavy atom. The third-order valence-electron chi connectivity index (χ3n) is 9.66. The van der Waals surface area contributed by atoms with Gasteiger partial charge in [-0.25, -0.2) is 29.0 Å². The fourth-order valence-corrected chi connectivity index (χ4v) is 7.00. The van der Waals surface area contributed by atoms with Crippen molar-refractivity contribution in [3.05, 3.63) is 157 Å². The minimum atomic E-state index is -1.04. The largest absolute Gasteiger partial charge is 0.487 e. The predicted molar refractivity (Wildman–Crippen MR) is 257 cm³/mol. The average molecular weight is 978 g/mol. The number of anilines is 1. The van der Waals surface area contributed by atoms with Gasteiger partial charge in [0.25, 0.3) is 5.91 Å². The Balaban J connectivity index is 1.20. The number of amides is 1. The van der Waals surface area contributed by atoms with Crippen molar-refractivity contribution in [2.75, 3.05) is 51.4 Å². The number of unbranched alkanes of at least 4 members (excludes halogenated alkanes) is 2. The van der Waals surface area contributed by atoms with Crippen LogP contribution in [0.1, 0.15) is 56.7 Å². The quantitative estimate of drug-likeness (QED) is 0.00981. The standard InChI is InChI=1S/C51H51N3O15S/c1-4-45(57)62-26-10-7-11-27-63-48(69-47(59)6-3)33-66-40-20-16-37(17-21-40)50(61)65-29-25-36-15-14-35(24-28-64-49(60)38-18-22-41(23-19-38)67-34-68-46(58)5-2)30-39(36)31-52-54(44(56)32-55)51-53-42-12-8-9-13-43(42)70-51/h4-6,8-9,12-23,30-31,48,55H,1-3,7,10-11,24-29,32-34H2/b52-31+. The second kappa shape index (κ2) is 28.4. The lowest BCUT2D eigenvalue weighted by atomic mass is 10.0. The van der Waals surface area contributed by atoms with E-state index in [9.17, 15) is 33.9 Å². The van der Waals surface area contributed by atoms with Crippen molar-refractivity contribution in [1.82, 2.24) is 4.98 Å². The number of esters is 5. The van der Waals surface area contributed by atoms with Gasteiger partial charge in [0.05, 0.1) is 54.0 Å². The molecular formula is C51H51N3O15S. The molecule has 70 heavy (non-hydrogen) atoms. The maximum Gasteiger partial charge on any atom is 0.338 e. The molecule has 1 heterocycles. The van der Waals surface area contributed by atoms with Crippen molar-refractivity contribution < 1.29 is 71.8 Å². The van der Waals surface area contributed by atoms with E-state index < -0.39 is 48.7 Å². The van der Waals surface area contributed by atoms with Crippen molar-refractivity contribution in [2.45, 2.75) is 38.4 Å². The van der Waals surface area contributed by atoms with Crippen LogP contribution in [0.15, 0.2) is 134 Å². The third kappa shape index (κ3) is 17.3. The van der Waals surface area contributed by atoms with Gasteiger partial charge in [0.2, 0.25) is 18.2 Å². The highest BCUT2D eigenvalue weighted by Gasteiger charge is 2.20. The maximum absolute atomic E-state index is 13.1. The molecule has 5 rings (SSSR count). The molecule has 366 valence electrons. The lowest BCUT2D eigenvalue weighted by Gasteiger charge is -2.18. The Morgan fingerprint density at radius 1 is 0.686 bits per heavy atom. The predicted octanol–water partition coefficient (Wildman–Crippen LogP) is 6.87. The monoisotopic (exact) mass is 977 g/mol. The van der Waals surface area contributed by atoms with Crippen LogP contribution in [0.4, 0.5) is 5.13 Å². The first kappa shape index (κ1) is 53.0. The molecule has 4 aromatic carbocycles. The lowest BCUT2D eigenvalue weighted by molar-refractivity contribution is -0.179. The molecule has 1 aromatic heterocycles. The summed E-state index contributed by atoms with van der Waals surface area (Å²) in [5.41, 5.74) is 3.19. The van der Waals surface area contributed by atoms with Crippen LogP contribution in [0.25, 0.3) is 10.2 Å². The van der Waals surface area contributed by atoms with Crippen LogP contribution in [0.3, 0.4) is 0 Å². The van der Waals surface area contributed by atoms with Gasteiger partial charge in [-0.2, -0.15) is 10.1 Å². The Bertz CT molecular complexity index is 2600. The molecule has 0 bridgehead atoms. The molecule has 1 unspecified atom stereocenters. The van der Waals surface area contributed by atoms with Gasteiger partial charge in [0, 0.05) is 31.1 Å². The molecule has 0 aliphatic heterocycles. The second-order valence-corrected chi connectivity index (χ2v) is 15.5. The number of rotatable bonds is 29. The van der Waals surface area contributed by atoms with Crippen LogP contribution in [0.2, 0.25) is 0 Å². The molecule has 0 radical (unpaired) electrons. The van der Waals surface area contributed by atoms with E-state index in [0.29, 0.717) is 53.8 Å². The average Bonchev–Trinajstić information content (AvgIpc) is 3.82. The van der Waals surface area contributed by atoms with Gasteiger partial charge in [0.1, 0.15) is 18.1 Å². The molecule has 0 aliphatic rings. The number of aromatic nitrogens is 1.